The summed E-state index contributed by atoms with van der Waals surface area (Å²) in [6.07, 6.45) is 5.23. The van der Waals surface area contributed by atoms with E-state index < -0.39 is 0 Å². The van der Waals surface area contributed by atoms with Crippen LogP contribution in [0.3, 0.4) is 0 Å². The first-order chi connectivity index (χ1) is 12.2. The smallest absolute Gasteiger partial charge is 0.0901 e. The first kappa shape index (κ1) is 17.1. The van der Waals surface area contributed by atoms with Gasteiger partial charge in [-0.3, -0.25) is 9.88 Å². The van der Waals surface area contributed by atoms with Gasteiger partial charge >= 0.3 is 0 Å². The van der Waals surface area contributed by atoms with Crippen LogP contribution in [0.25, 0.3) is 0 Å². The predicted molar refractivity (Wildman–Crippen MR) is 97.5 cm³/mol. The molecule has 2 fully saturated rings. The number of likely N-dealkylation sites (tertiary alicyclic amines) is 1. The number of aromatic nitrogens is 2. The molecular formula is C19H25N3O2S. The number of nitrogens with zero attached hydrogens (tertiary/aromatic N) is 3. The first-order valence-electron chi connectivity index (χ1n) is 9.00. The van der Waals surface area contributed by atoms with Crippen LogP contribution in [0.2, 0.25) is 0 Å². The van der Waals surface area contributed by atoms with Gasteiger partial charge in [-0.1, -0.05) is 6.07 Å². The molecule has 0 radical (unpaired) electrons. The second-order valence-electron chi connectivity index (χ2n) is 7.09. The van der Waals surface area contributed by atoms with Gasteiger partial charge in [0.05, 0.1) is 41.3 Å². The van der Waals surface area contributed by atoms with Crippen molar-refractivity contribution in [2.75, 3.05) is 19.7 Å². The van der Waals surface area contributed by atoms with Crippen molar-refractivity contribution in [1.29, 1.82) is 0 Å². The van der Waals surface area contributed by atoms with Crippen molar-refractivity contribution in [3.05, 3.63) is 46.2 Å². The maximum absolute atomic E-state index is 6.20. The minimum atomic E-state index is 0.0171. The lowest BCUT2D eigenvalue weighted by Crippen LogP contribution is -2.44. The molecule has 25 heavy (non-hydrogen) atoms. The molecular weight excluding hydrogens is 334 g/mol. The maximum atomic E-state index is 6.20. The van der Waals surface area contributed by atoms with Crippen LogP contribution < -0.4 is 0 Å². The van der Waals surface area contributed by atoms with Crippen LogP contribution in [-0.4, -0.2) is 46.3 Å². The van der Waals surface area contributed by atoms with Crippen molar-refractivity contribution in [3.63, 3.8) is 0 Å². The van der Waals surface area contributed by atoms with E-state index in [1.807, 2.05) is 19.2 Å². The fourth-order valence-corrected chi connectivity index (χ4v) is 4.37. The van der Waals surface area contributed by atoms with Crippen LogP contribution in [0.5, 0.6) is 0 Å². The number of aryl methyl sites for hydroxylation is 1. The molecule has 2 aromatic heterocycles. The van der Waals surface area contributed by atoms with Crippen LogP contribution in [0.15, 0.2) is 29.8 Å². The number of rotatable bonds is 5. The van der Waals surface area contributed by atoms with Gasteiger partial charge in [0.2, 0.25) is 0 Å². The third-order valence-corrected chi connectivity index (χ3v) is 6.01. The summed E-state index contributed by atoms with van der Waals surface area (Å²) in [6, 6.07) is 6.12. The minimum Gasteiger partial charge on any atom is -0.372 e. The van der Waals surface area contributed by atoms with Gasteiger partial charge in [-0.25, -0.2) is 4.98 Å². The van der Waals surface area contributed by atoms with Gasteiger partial charge in [-0.15, -0.1) is 11.3 Å². The molecule has 2 aliphatic rings. The Labute approximate surface area is 153 Å². The molecule has 0 aromatic carbocycles. The third-order valence-electron chi connectivity index (χ3n) is 5.19. The maximum Gasteiger partial charge on any atom is 0.0901 e. The number of pyridine rings is 1. The van der Waals surface area contributed by atoms with Crippen molar-refractivity contribution >= 4 is 11.3 Å². The Morgan fingerprint density at radius 1 is 1.32 bits per heavy atom. The summed E-state index contributed by atoms with van der Waals surface area (Å²) >= 11 is 1.68. The minimum absolute atomic E-state index is 0.0171. The van der Waals surface area contributed by atoms with Crippen LogP contribution in [-0.2, 0) is 22.6 Å². The second kappa shape index (κ2) is 7.50. The SMILES string of the molecule is Cc1nc(CO[C@@H]2COC3(CCN(Cc4ccccn4)CC3)C2)cs1. The Morgan fingerprint density at radius 3 is 2.92 bits per heavy atom. The highest BCUT2D eigenvalue weighted by atomic mass is 32.1. The second-order valence-corrected chi connectivity index (χ2v) is 8.15. The topological polar surface area (TPSA) is 47.5 Å². The number of hydrogen-bond donors (Lipinski definition) is 0. The summed E-state index contributed by atoms with van der Waals surface area (Å²) in [6.45, 7) is 6.40. The van der Waals surface area contributed by atoms with E-state index in [1.54, 1.807) is 11.3 Å². The summed E-state index contributed by atoms with van der Waals surface area (Å²) < 4.78 is 12.2. The molecule has 0 N–H and O–H groups in total. The molecule has 0 amide bonds. The van der Waals surface area contributed by atoms with Crippen LogP contribution in [0, 0.1) is 6.92 Å². The van der Waals surface area contributed by atoms with Gasteiger partial charge in [0.15, 0.2) is 0 Å². The normalized spacial score (nSPS) is 23.3. The molecule has 0 aliphatic carbocycles. The lowest BCUT2D eigenvalue weighted by molar-refractivity contribution is -0.0470. The zero-order chi connectivity index (χ0) is 17.1. The van der Waals surface area contributed by atoms with Crippen molar-refractivity contribution in [1.82, 2.24) is 14.9 Å². The molecule has 2 saturated heterocycles. The van der Waals surface area contributed by atoms with Gasteiger partial charge < -0.3 is 9.47 Å². The fourth-order valence-electron chi connectivity index (χ4n) is 3.78. The molecule has 4 rings (SSSR count). The van der Waals surface area contributed by atoms with E-state index in [2.05, 4.69) is 32.4 Å². The molecule has 2 aliphatic heterocycles. The Balaban J connectivity index is 1.24. The molecule has 0 unspecified atom stereocenters. The van der Waals surface area contributed by atoms with E-state index >= 15 is 0 Å². The molecule has 1 atom stereocenters. The molecule has 2 aromatic rings. The molecule has 0 saturated carbocycles. The van der Waals surface area contributed by atoms with E-state index in [9.17, 15) is 0 Å². The number of hydrogen-bond acceptors (Lipinski definition) is 6. The number of thiazole rings is 1. The zero-order valence-electron chi connectivity index (χ0n) is 14.7. The van der Waals surface area contributed by atoms with Gasteiger partial charge in [-0.05, 0) is 31.9 Å². The highest BCUT2D eigenvalue weighted by molar-refractivity contribution is 7.09. The van der Waals surface area contributed by atoms with E-state index in [-0.39, 0.29) is 11.7 Å². The van der Waals surface area contributed by atoms with E-state index in [4.69, 9.17) is 9.47 Å². The lowest BCUT2D eigenvalue weighted by Gasteiger charge is -2.38. The van der Waals surface area contributed by atoms with Crippen molar-refractivity contribution in [2.24, 2.45) is 0 Å². The molecule has 1 spiro atoms. The summed E-state index contributed by atoms with van der Waals surface area (Å²) in [7, 11) is 0. The van der Waals surface area contributed by atoms with Crippen molar-refractivity contribution < 1.29 is 9.47 Å². The van der Waals surface area contributed by atoms with Gasteiger partial charge in [0, 0.05) is 37.6 Å². The largest absolute Gasteiger partial charge is 0.372 e. The monoisotopic (exact) mass is 359 g/mol. The van der Waals surface area contributed by atoms with Crippen LogP contribution in [0.4, 0.5) is 0 Å². The highest BCUT2D eigenvalue weighted by Crippen LogP contribution is 2.37. The Bertz CT molecular complexity index is 683. The third kappa shape index (κ3) is 4.26. The predicted octanol–water partition coefficient (Wildman–Crippen LogP) is 3.19. The van der Waals surface area contributed by atoms with Gasteiger partial charge in [-0.2, -0.15) is 0 Å². The first-order valence-corrected chi connectivity index (χ1v) is 9.88. The van der Waals surface area contributed by atoms with E-state index in [0.29, 0.717) is 13.2 Å². The molecule has 6 heteroatoms. The average Bonchev–Trinajstić information content (AvgIpc) is 3.23. The van der Waals surface area contributed by atoms with Crippen molar-refractivity contribution in [3.8, 4) is 0 Å². The summed E-state index contributed by atoms with van der Waals surface area (Å²) in [4.78, 5) is 11.4. The van der Waals surface area contributed by atoms with Gasteiger partial charge in [0.25, 0.3) is 0 Å². The summed E-state index contributed by atoms with van der Waals surface area (Å²) in [5.74, 6) is 0. The zero-order valence-corrected chi connectivity index (χ0v) is 15.5. The Kier molecular flexibility index (Phi) is 5.12. The number of ether oxygens (including phenoxy) is 2. The molecule has 4 heterocycles. The van der Waals surface area contributed by atoms with Gasteiger partial charge in [0.1, 0.15) is 0 Å². The summed E-state index contributed by atoms with van der Waals surface area (Å²) in [5.41, 5.74) is 2.20. The molecule has 5 nitrogen and oxygen atoms in total. The average molecular weight is 359 g/mol. The fraction of sp³-hybridized carbons (Fsp3) is 0.579. The lowest BCUT2D eigenvalue weighted by atomic mass is 9.88. The van der Waals surface area contributed by atoms with E-state index in [0.717, 1.165) is 55.3 Å². The number of piperidine rings is 1. The molecule has 134 valence electrons. The van der Waals surface area contributed by atoms with E-state index in [1.165, 1.54) is 0 Å². The quantitative estimate of drug-likeness (QED) is 0.820. The Hall–Kier alpha value is -1.34. The molecule has 0 bridgehead atoms. The van der Waals surface area contributed by atoms with Crippen LogP contribution >= 0.6 is 11.3 Å². The highest BCUT2D eigenvalue weighted by Gasteiger charge is 2.43. The standard InChI is InChI=1S/C19H25N3O2S/c1-15-21-17(14-25-15)12-23-18-10-19(24-13-18)5-8-22(9-6-19)11-16-4-2-3-7-20-16/h2-4,7,14,18H,5-6,8-13H2,1H3/t18-/m0/s1. The van der Waals surface area contributed by atoms with Crippen molar-refractivity contribution in [2.45, 2.75) is 51.0 Å². The Morgan fingerprint density at radius 2 is 2.20 bits per heavy atom. The van der Waals surface area contributed by atoms with Crippen LogP contribution in [0.1, 0.15) is 35.7 Å². The summed E-state index contributed by atoms with van der Waals surface area (Å²) in [5, 5.41) is 3.18.